The summed E-state index contributed by atoms with van der Waals surface area (Å²) in [7, 11) is 1.41. The standard InChI is InChI=1S/C32H51NO6/c1-18(2)10-9-11-21(29(37)38-8)27-23-16-24(35)28-30(5)14-13-26(36)33-19(3)22(30)12-15-31(28,6)32(23,7)17-25(27)39-20(4)34/h18-19,22-25,28,35H,9-17H2,1-8H3,(H,33,36)/b27-21-/t19-,22?,23-,24+,25-,28-,30-,31-,32-/m0/s1. The van der Waals surface area contributed by atoms with Crippen molar-refractivity contribution in [1.82, 2.24) is 5.32 Å². The number of rotatable bonds is 6. The normalized spacial score (nSPS) is 43.0. The fourth-order valence-electron chi connectivity index (χ4n) is 9.86. The van der Waals surface area contributed by atoms with E-state index in [-0.39, 0.29) is 52.0 Å². The molecular formula is C32H51NO6. The van der Waals surface area contributed by atoms with Crippen molar-refractivity contribution < 1.29 is 29.0 Å². The van der Waals surface area contributed by atoms with E-state index in [1.807, 2.05) is 0 Å². The number of methoxy groups -OCH3 is 1. The molecule has 0 aromatic carbocycles. The molecule has 220 valence electrons. The Morgan fingerprint density at radius 2 is 1.85 bits per heavy atom. The van der Waals surface area contributed by atoms with Gasteiger partial charge in [0.25, 0.3) is 0 Å². The Labute approximate surface area is 234 Å². The maximum absolute atomic E-state index is 13.3. The highest BCUT2D eigenvalue weighted by Crippen LogP contribution is 2.73. The molecule has 9 atom stereocenters. The molecule has 4 aliphatic rings. The van der Waals surface area contributed by atoms with Crippen LogP contribution >= 0.6 is 0 Å². The molecule has 0 aromatic heterocycles. The molecule has 0 bridgehead atoms. The van der Waals surface area contributed by atoms with Crippen molar-refractivity contribution in [2.24, 2.45) is 39.9 Å². The molecule has 1 saturated heterocycles. The maximum Gasteiger partial charge on any atom is 0.333 e. The summed E-state index contributed by atoms with van der Waals surface area (Å²) in [5.74, 6) is 0.108. The summed E-state index contributed by atoms with van der Waals surface area (Å²) in [6.45, 7) is 14.8. The second kappa shape index (κ2) is 10.8. The molecule has 0 aromatic rings. The van der Waals surface area contributed by atoms with Crippen LogP contribution < -0.4 is 5.32 Å². The Morgan fingerprint density at radius 1 is 1.15 bits per heavy atom. The quantitative estimate of drug-likeness (QED) is 0.345. The molecule has 1 amide bonds. The first kappa shape index (κ1) is 30.1. The van der Waals surface area contributed by atoms with Gasteiger partial charge in [-0.05, 0) is 97.4 Å². The third-order valence-electron chi connectivity index (χ3n) is 11.7. The van der Waals surface area contributed by atoms with Crippen molar-refractivity contribution in [3.05, 3.63) is 11.1 Å². The van der Waals surface area contributed by atoms with Gasteiger partial charge in [0.15, 0.2) is 0 Å². The molecule has 3 aliphatic carbocycles. The van der Waals surface area contributed by atoms with E-state index in [9.17, 15) is 19.5 Å². The third kappa shape index (κ3) is 4.95. The minimum Gasteiger partial charge on any atom is -0.466 e. The van der Waals surface area contributed by atoms with E-state index in [2.05, 4.69) is 46.9 Å². The highest BCUT2D eigenvalue weighted by Gasteiger charge is 2.70. The van der Waals surface area contributed by atoms with Crippen LogP contribution in [0.25, 0.3) is 0 Å². The van der Waals surface area contributed by atoms with Gasteiger partial charge in [0.05, 0.1) is 13.2 Å². The second-order valence-corrected chi connectivity index (χ2v) is 14.2. The summed E-state index contributed by atoms with van der Waals surface area (Å²) in [6, 6.07) is 0.0620. The molecule has 1 aliphatic heterocycles. The second-order valence-electron chi connectivity index (χ2n) is 14.2. The molecular weight excluding hydrogens is 494 g/mol. The molecule has 4 fully saturated rings. The zero-order valence-corrected chi connectivity index (χ0v) is 25.4. The Kier molecular flexibility index (Phi) is 8.35. The molecule has 39 heavy (non-hydrogen) atoms. The van der Waals surface area contributed by atoms with E-state index in [0.717, 1.165) is 37.7 Å². The monoisotopic (exact) mass is 545 g/mol. The van der Waals surface area contributed by atoms with Gasteiger partial charge in [-0.3, -0.25) is 9.59 Å². The molecule has 3 saturated carbocycles. The summed E-state index contributed by atoms with van der Waals surface area (Å²) < 4.78 is 11.3. The Hall–Kier alpha value is -1.89. The maximum atomic E-state index is 13.3. The Bertz CT molecular complexity index is 1020. The van der Waals surface area contributed by atoms with Crippen molar-refractivity contribution in [2.75, 3.05) is 7.11 Å². The van der Waals surface area contributed by atoms with Gasteiger partial charge < -0.3 is 19.9 Å². The lowest BCUT2D eigenvalue weighted by Gasteiger charge is -2.67. The highest BCUT2D eigenvalue weighted by atomic mass is 16.5. The zero-order chi connectivity index (χ0) is 28.9. The van der Waals surface area contributed by atoms with Crippen LogP contribution in [0.1, 0.15) is 106 Å². The molecule has 7 heteroatoms. The van der Waals surface area contributed by atoms with E-state index in [1.165, 1.54) is 14.0 Å². The number of nitrogens with one attached hydrogen (secondary N) is 1. The van der Waals surface area contributed by atoms with Crippen LogP contribution in [-0.4, -0.2) is 48.3 Å². The fraction of sp³-hybridized carbons (Fsp3) is 0.844. The number of ether oxygens (including phenoxy) is 2. The first-order valence-corrected chi connectivity index (χ1v) is 15.2. The van der Waals surface area contributed by atoms with Gasteiger partial charge in [-0.1, -0.05) is 41.0 Å². The summed E-state index contributed by atoms with van der Waals surface area (Å²) in [4.78, 5) is 38.2. The number of esters is 2. The lowest BCUT2D eigenvalue weighted by molar-refractivity contribution is -0.214. The Morgan fingerprint density at radius 3 is 2.46 bits per heavy atom. The lowest BCUT2D eigenvalue weighted by Crippen LogP contribution is -2.64. The number of carbonyl (C=O) groups excluding carboxylic acids is 3. The molecule has 2 N–H and O–H groups in total. The molecule has 1 heterocycles. The fourth-order valence-corrected chi connectivity index (χ4v) is 9.86. The third-order valence-corrected chi connectivity index (χ3v) is 11.7. The van der Waals surface area contributed by atoms with Gasteiger partial charge in [0.1, 0.15) is 6.10 Å². The summed E-state index contributed by atoms with van der Waals surface area (Å²) >= 11 is 0. The van der Waals surface area contributed by atoms with Crippen molar-refractivity contribution in [1.29, 1.82) is 0 Å². The van der Waals surface area contributed by atoms with Crippen LogP contribution in [-0.2, 0) is 23.9 Å². The number of carbonyl (C=O) groups is 3. The van der Waals surface area contributed by atoms with Gasteiger partial charge in [0, 0.05) is 25.0 Å². The van der Waals surface area contributed by atoms with Crippen molar-refractivity contribution >= 4 is 17.8 Å². The van der Waals surface area contributed by atoms with Crippen molar-refractivity contribution in [3.8, 4) is 0 Å². The van der Waals surface area contributed by atoms with Gasteiger partial charge in [-0.25, -0.2) is 4.79 Å². The topological polar surface area (TPSA) is 102 Å². The summed E-state index contributed by atoms with van der Waals surface area (Å²) in [6.07, 6.45) is 5.59. The van der Waals surface area contributed by atoms with Gasteiger partial charge in [-0.2, -0.15) is 0 Å². The van der Waals surface area contributed by atoms with Crippen molar-refractivity contribution in [2.45, 2.75) is 125 Å². The van der Waals surface area contributed by atoms with E-state index < -0.39 is 12.2 Å². The lowest BCUT2D eigenvalue weighted by atomic mass is 9.38. The zero-order valence-electron chi connectivity index (χ0n) is 25.4. The minimum absolute atomic E-state index is 0.00000397. The largest absolute Gasteiger partial charge is 0.466 e. The molecule has 7 nitrogen and oxygen atoms in total. The number of fused-ring (bicyclic) bond motifs is 5. The summed E-state index contributed by atoms with van der Waals surface area (Å²) in [5, 5.41) is 15.2. The molecule has 4 rings (SSSR count). The average molecular weight is 546 g/mol. The summed E-state index contributed by atoms with van der Waals surface area (Å²) in [5.41, 5.74) is 0.758. The van der Waals surface area contributed by atoms with Crippen molar-refractivity contribution in [3.63, 3.8) is 0 Å². The van der Waals surface area contributed by atoms with Crippen LogP contribution in [0.2, 0.25) is 0 Å². The number of amides is 1. The van der Waals surface area contributed by atoms with Gasteiger partial charge in [0.2, 0.25) is 5.91 Å². The van der Waals surface area contributed by atoms with Crippen LogP contribution in [0.5, 0.6) is 0 Å². The average Bonchev–Trinajstić information content (AvgIpc) is 3.04. The van der Waals surface area contributed by atoms with E-state index >= 15 is 0 Å². The smallest absolute Gasteiger partial charge is 0.333 e. The number of hydrogen-bond acceptors (Lipinski definition) is 6. The minimum atomic E-state index is -0.582. The number of aliphatic hydroxyl groups excluding tert-OH is 1. The molecule has 1 unspecified atom stereocenters. The number of hydrogen-bond donors (Lipinski definition) is 2. The predicted molar refractivity (Wildman–Crippen MR) is 149 cm³/mol. The predicted octanol–water partition coefficient (Wildman–Crippen LogP) is 5.34. The van der Waals surface area contributed by atoms with Crippen LogP contribution in [0.3, 0.4) is 0 Å². The van der Waals surface area contributed by atoms with Gasteiger partial charge in [-0.15, -0.1) is 0 Å². The molecule has 0 spiro atoms. The van der Waals surface area contributed by atoms with E-state index in [0.29, 0.717) is 43.1 Å². The van der Waals surface area contributed by atoms with E-state index in [4.69, 9.17) is 9.47 Å². The molecule has 0 radical (unpaired) electrons. The first-order valence-electron chi connectivity index (χ1n) is 15.2. The SMILES string of the molecule is COC(=O)/C(CCCC(C)C)=C1\[C@@H](OC(C)=O)C[C@@]2(C)[C@H]1C[C@@H](O)[C@H]1[C@@]3(C)CCC(=O)N[C@@H](C)C3CC[C@@]12C. The highest BCUT2D eigenvalue weighted by molar-refractivity contribution is 5.90. The van der Waals surface area contributed by atoms with Gasteiger partial charge >= 0.3 is 11.9 Å². The van der Waals surface area contributed by atoms with Crippen LogP contribution in [0, 0.1) is 39.9 Å². The number of aliphatic hydroxyl groups is 1. The van der Waals surface area contributed by atoms with Crippen LogP contribution in [0.4, 0.5) is 0 Å². The Balaban J connectivity index is 1.83. The van der Waals surface area contributed by atoms with Crippen LogP contribution in [0.15, 0.2) is 11.1 Å². The first-order chi connectivity index (χ1) is 18.2. The van der Waals surface area contributed by atoms with E-state index in [1.54, 1.807) is 0 Å².